The number of hydrogen-bond acceptors (Lipinski definition) is 4. The van der Waals surface area contributed by atoms with Gasteiger partial charge in [0.15, 0.2) is 0 Å². The minimum Gasteiger partial charge on any atom is -0.464 e. The van der Waals surface area contributed by atoms with Crippen molar-refractivity contribution in [2.24, 2.45) is 5.84 Å². The third kappa shape index (κ3) is 1.95. The molecular weight excluding hydrogens is 262 g/mol. The number of para-hydroxylation sites is 1. The Hall–Kier alpha value is -2.17. The molecule has 1 aliphatic rings. The molecule has 2 unspecified atom stereocenters. The molecule has 4 rings (SSSR count). The minimum absolute atomic E-state index is 0.0183. The number of rotatable bonds is 3. The molecule has 3 N–H and O–H groups in total. The Bertz CT molecular complexity index is 780. The Morgan fingerprint density at radius 3 is 3.05 bits per heavy atom. The first-order chi connectivity index (χ1) is 10.4. The number of furan rings is 1. The molecular formula is C17H17N3O. The fourth-order valence-electron chi connectivity index (χ4n) is 3.43. The molecule has 2 atom stereocenters. The van der Waals surface area contributed by atoms with Gasteiger partial charge in [0.05, 0.1) is 12.3 Å². The summed E-state index contributed by atoms with van der Waals surface area (Å²) >= 11 is 0. The SMILES string of the molecule is NNC(c1coc2ccccc12)C1CCc2cccnc21. The quantitative estimate of drug-likeness (QED) is 0.571. The molecule has 0 radical (unpaired) electrons. The van der Waals surface area contributed by atoms with Crippen LogP contribution in [0.2, 0.25) is 0 Å². The maximum absolute atomic E-state index is 5.87. The first kappa shape index (κ1) is 12.6. The van der Waals surface area contributed by atoms with Crippen LogP contribution in [0.15, 0.2) is 53.3 Å². The Kier molecular flexibility index (Phi) is 2.98. The number of nitrogens with one attached hydrogen (secondary N) is 1. The van der Waals surface area contributed by atoms with Gasteiger partial charge in [-0.25, -0.2) is 0 Å². The zero-order valence-corrected chi connectivity index (χ0v) is 11.6. The van der Waals surface area contributed by atoms with Crippen LogP contribution >= 0.6 is 0 Å². The lowest BCUT2D eigenvalue weighted by Gasteiger charge is -2.22. The predicted octanol–water partition coefficient (Wildman–Crippen LogP) is 3.06. The van der Waals surface area contributed by atoms with Gasteiger partial charge < -0.3 is 4.42 Å². The van der Waals surface area contributed by atoms with E-state index in [1.807, 2.05) is 36.7 Å². The van der Waals surface area contributed by atoms with Crippen molar-refractivity contribution < 1.29 is 4.42 Å². The summed E-state index contributed by atoms with van der Waals surface area (Å²) in [5, 5.41) is 1.12. The Labute approximate surface area is 122 Å². The largest absolute Gasteiger partial charge is 0.464 e. The normalized spacial score (nSPS) is 18.8. The molecule has 0 saturated carbocycles. The third-order valence-electron chi connectivity index (χ3n) is 4.43. The minimum atomic E-state index is 0.0183. The molecule has 106 valence electrons. The van der Waals surface area contributed by atoms with Gasteiger partial charge in [0, 0.05) is 28.8 Å². The molecule has 21 heavy (non-hydrogen) atoms. The number of aryl methyl sites for hydroxylation is 1. The van der Waals surface area contributed by atoms with Crippen LogP contribution in [-0.2, 0) is 6.42 Å². The van der Waals surface area contributed by atoms with Gasteiger partial charge in [-0.1, -0.05) is 24.3 Å². The van der Waals surface area contributed by atoms with E-state index in [4.69, 9.17) is 10.3 Å². The molecule has 4 nitrogen and oxygen atoms in total. The van der Waals surface area contributed by atoms with Crippen molar-refractivity contribution in [3.63, 3.8) is 0 Å². The fourth-order valence-corrected chi connectivity index (χ4v) is 3.43. The molecule has 2 aromatic heterocycles. The second kappa shape index (κ2) is 4.98. The summed E-state index contributed by atoms with van der Waals surface area (Å²) in [6.45, 7) is 0. The number of fused-ring (bicyclic) bond motifs is 2. The van der Waals surface area contributed by atoms with Gasteiger partial charge >= 0.3 is 0 Å². The van der Waals surface area contributed by atoms with Crippen LogP contribution in [0.1, 0.15) is 35.2 Å². The van der Waals surface area contributed by atoms with E-state index in [1.165, 1.54) is 5.56 Å². The summed E-state index contributed by atoms with van der Waals surface area (Å²) in [6, 6.07) is 12.2. The number of nitrogens with two attached hydrogens (primary N) is 1. The van der Waals surface area contributed by atoms with Crippen molar-refractivity contribution in [3.05, 3.63) is 65.7 Å². The van der Waals surface area contributed by atoms with Gasteiger partial charge in [0.2, 0.25) is 0 Å². The molecule has 0 saturated heterocycles. The number of pyridine rings is 1. The first-order valence-corrected chi connectivity index (χ1v) is 7.24. The first-order valence-electron chi connectivity index (χ1n) is 7.24. The topological polar surface area (TPSA) is 64.1 Å². The zero-order chi connectivity index (χ0) is 14.2. The monoisotopic (exact) mass is 279 g/mol. The van der Waals surface area contributed by atoms with E-state index in [9.17, 15) is 0 Å². The van der Waals surface area contributed by atoms with Gasteiger partial charge in [-0.2, -0.15) is 0 Å². The van der Waals surface area contributed by atoms with Crippen molar-refractivity contribution in [1.82, 2.24) is 10.4 Å². The van der Waals surface area contributed by atoms with Gasteiger partial charge in [0.25, 0.3) is 0 Å². The maximum atomic E-state index is 5.87. The lowest BCUT2D eigenvalue weighted by molar-refractivity contribution is 0.443. The lowest BCUT2D eigenvalue weighted by Crippen LogP contribution is -2.32. The molecule has 1 aliphatic carbocycles. The van der Waals surface area contributed by atoms with Crippen LogP contribution in [0, 0.1) is 0 Å². The third-order valence-corrected chi connectivity index (χ3v) is 4.43. The van der Waals surface area contributed by atoms with E-state index in [-0.39, 0.29) is 12.0 Å². The summed E-state index contributed by atoms with van der Waals surface area (Å²) in [7, 11) is 0. The van der Waals surface area contributed by atoms with Gasteiger partial charge in [-0.15, -0.1) is 0 Å². The Morgan fingerprint density at radius 2 is 2.14 bits per heavy atom. The number of hydrazine groups is 1. The van der Waals surface area contributed by atoms with Crippen LogP contribution in [0.4, 0.5) is 0 Å². The highest BCUT2D eigenvalue weighted by Gasteiger charge is 2.32. The molecule has 1 aromatic carbocycles. The number of benzene rings is 1. The van der Waals surface area contributed by atoms with Crippen molar-refractivity contribution in [1.29, 1.82) is 0 Å². The lowest BCUT2D eigenvalue weighted by atomic mass is 9.91. The zero-order valence-electron chi connectivity index (χ0n) is 11.6. The predicted molar refractivity (Wildman–Crippen MR) is 81.6 cm³/mol. The summed E-state index contributed by atoms with van der Waals surface area (Å²) in [5.74, 6) is 6.16. The number of aromatic nitrogens is 1. The average molecular weight is 279 g/mol. The van der Waals surface area contributed by atoms with Gasteiger partial charge in [0.1, 0.15) is 5.58 Å². The highest BCUT2D eigenvalue weighted by Crippen LogP contribution is 2.42. The Balaban J connectivity index is 1.79. The van der Waals surface area contributed by atoms with Crippen molar-refractivity contribution in [3.8, 4) is 0 Å². The van der Waals surface area contributed by atoms with Crippen LogP contribution in [-0.4, -0.2) is 4.98 Å². The highest BCUT2D eigenvalue weighted by molar-refractivity contribution is 5.81. The van der Waals surface area contributed by atoms with Crippen molar-refractivity contribution in [2.75, 3.05) is 0 Å². The van der Waals surface area contributed by atoms with E-state index in [0.717, 1.165) is 35.1 Å². The summed E-state index contributed by atoms with van der Waals surface area (Å²) in [6.07, 6.45) is 5.79. The summed E-state index contributed by atoms with van der Waals surface area (Å²) in [5.41, 5.74) is 7.47. The van der Waals surface area contributed by atoms with Crippen molar-refractivity contribution in [2.45, 2.75) is 24.8 Å². The second-order valence-electron chi connectivity index (χ2n) is 5.52. The van der Waals surface area contributed by atoms with Crippen LogP contribution in [0.5, 0.6) is 0 Å². The second-order valence-corrected chi connectivity index (χ2v) is 5.52. The molecule has 4 heteroatoms. The van der Waals surface area contributed by atoms with Gasteiger partial charge in [-0.05, 0) is 30.5 Å². The number of hydrogen-bond donors (Lipinski definition) is 2. The molecule has 2 heterocycles. The Morgan fingerprint density at radius 1 is 1.24 bits per heavy atom. The molecule has 0 spiro atoms. The highest BCUT2D eigenvalue weighted by atomic mass is 16.3. The molecule has 0 amide bonds. The van der Waals surface area contributed by atoms with Crippen LogP contribution in [0.25, 0.3) is 11.0 Å². The van der Waals surface area contributed by atoms with E-state index in [1.54, 1.807) is 0 Å². The number of nitrogens with zero attached hydrogens (tertiary/aromatic N) is 1. The standard InChI is InChI=1S/C17H17N3O/c18-20-17(13-8-7-11-4-3-9-19-16(11)13)14-10-21-15-6-2-1-5-12(14)15/h1-6,9-10,13,17,20H,7-8,18H2. The average Bonchev–Trinajstić information content (AvgIpc) is 3.14. The molecule has 0 fully saturated rings. The fraction of sp³-hybridized carbons (Fsp3) is 0.235. The van der Waals surface area contributed by atoms with E-state index in [0.29, 0.717) is 0 Å². The van der Waals surface area contributed by atoms with E-state index < -0.39 is 0 Å². The van der Waals surface area contributed by atoms with E-state index in [2.05, 4.69) is 22.5 Å². The van der Waals surface area contributed by atoms with Crippen LogP contribution < -0.4 is 11.3 Å². The van der Waals surface area contributed by atoms with Gasteiger partial charge in [-0.3, -0.25) is 16.3 Å². The van der Waals surface area contributed by atoms with Crippen LogP contribution in [0.3, 0.4) is 0 Å². The molecule has 0 aliphatic heterocycles. The summed E-state index contributed by atoms with van der Waals surface area (Å²) in [4.78, 5) is 4.57. The smallest absolute Gasteiger partial charge is 0.134 e. The molecule has 3 aromatic rings. The molecule has 0 bridgehead atoms. The van der Waals surface area contributed by atoms with Crippen molar-refractivity contribution >= 4 is 11.0 Å². The maximum Gasteiger partial charge on any atom is 0.134 e. The van der Waals surface area contributed by atoms with E-state index >= 15 is 0 Å². The summed E-state index contributed by atoms with van der Waals surface area (Å²) < 4.78 is 5.66.